The van der Waals surface area contributed by atoms with Crippen molar-refractivity contribution in [2.75, 3.05) is 19.8 Å². The van der Waals surface area contributed by atoms with Gasteiger partial charge in [-0.1, -0.05) is 11.6 Å². The zero-order valence-electron chi connectivity index (χ0n) is 8.16. The highest BCUT2D eigenvalue weighted by molar-refractivity contribution is 7.89. The molecule has 15 heavy (non-hydrogen) atoms. The number of benzene rings is 1. The molecule has 0 saturated carbocycles. The first-order chi connectivity index (χ1) is 6.76. The van der Waals surface area contributed by atoms with E-state index in [0.717, 1.165) is 16.4 Å². The van der Waals surface area contributed by atoms with Crippen LogP contribution < -0.4 is 5.73 Å². The van der Waals surface area contributed by atoms with Crippen molar-refractivity contribution in [3.63, 3.8) is 0 Å². The molecule has 1 aromatic carbocycles. The van der Waals surface area contributed by atoms with Gasteiger partial charge in [-0.2, -0.15) is 0 Å². The molecule has 0 saturated heterocycles. The molecule has 84 valence electrons. The van der Waals surface area contributed by atoms with Gasteiger partial charge in [-0.05, 0) is 12.1 Å². The molecule has 1 rings (SSSR count). The Bertz CT molecular complexity index is 488. The normalized spacial score (nSPS) is 12.1. The van der Waals surface area contributed by atoms with E-state index in [1.807, 2.05) is 0 Å². The van der Waals surface area contributed by atoms with Gasteiger partial charge in [-0.3, -0.25) is 0 Å². The fourth-order valence-electron chi connectivity index (χ4n) is 0.939. The Kier molecular flexibility index (Phi) is 3.22. The smallest absolute Gasteiger partial charge is 0.244 e. The Labute approximate surface area is 92.5 Å². The van der Waals surface area contributed by atoms with Gasteiger partial charge in [0.2, 0.25) is 10.0 Å². The van der Waals surface area contributed by atoms with E-state index < -0.39 is 15.8 Å². The first-order valence-electron chi connectivity index (χ1n) is 3.94. The first kappa shape index (κ1) is 12.2. The van der Waals surface area contributed by atoms with Crippen molar-refractivity contribution < 1.29 is 12.8 Å². The molecule has 0 radical (unpaired) electrons. The SMILES string of the molecule is CN(C)S(=O)(=O)c1cc(N)c(F)cc1Cl. The number of nitrogen functional groups attached to an aromatic ring is 1. The maximum absolute atomic E-state index is 12.9. The fraction of sp³-hybridized carbons (Fsp3) is 0.250. The molecule has 0 aromatic heterocycles. The van der Waals surface area contributed by atoms with E-state index >= 15 is 0 Å². The van der Waals surface area contributed by atoms with Crippen LogP contribution in [-0.4, -0.2) is 26.8 Å². The van der Waals surface area contributed by atoms with Crippen LogP contribution in [0, 0.1) is 5.82 Å². The number of anilines is 1. The van der Waals surface area contributed by atoms with Gasteiger partial charge >= 0.3 is 0 Å². The second-order valence-corrected chi connectivity index (χ2v) is 5.62. The molecule has 7 heteroatoms. The first-order valence-corrected chi connectivity index (χ1v) is 5.75. The monoisotopic (exact) mass is 252 g/mol. The number of nitrogens with zero attached hydrogens (tertiary/aromatic N) is 1. The Morgan fingerprint density at radius 3 is 2.40 bits per heavy atom. The maximum atomic E-state index is 12.9. The largest absolute Gasteiger partial charge is 0.396 e. The minimum Gasteiger partial charge on any atom is -0.396 e. The van der Waals surface area contributed by atoms with Gasteiger partial charge in [0.15, 0.2) is 0 Å². The van der Waals surface area contributed by atoms with Gasteiger partial charge in [-0.25, -0.2) is 17.1 Å². The minimum atomic E-state index is -3.69. The number of sulfonamides is 1. The summed E-state index contributed by atoms with van der Waals surface area (Å²) in [5.74, 6) is -0.738. The van der Waals surface area contributed by atoms with Gasteiger partial charge in [0.05, 0.1) is 10.7 Å². The summed E-state index contributed by atoms with van der Waals surface area (Å²) in [6.45, 7) is 0. The zero-order valence-corrected chi connectivity index (χ0v) is 9.73. The number of nitrogens with two attached hydrogens (primary N) is 1. The molecule has 0 amide bonds. The van der Waals surface area contributed by atoms with Crippen molar-refractivity contribution in [3.05, 3.63) is 23.0 Å². The van der Waals surface area contributed by atoms with Crippen LogP contribution in [0.25, 0.3) is 0 Å². The third-order valence-electron chi connectivity index (χ3n) is 1.81. The van der Waals surface area contributed by atoms with Crippen molar-refractivity contribution in [2.45, 2.75) is 4.90 Å². The quantitative estimate of drug-likeness (QED) is 0.808. The molecule has 0 spiro atoms. The molecule has 1 aromatic rings. The summed E-state index contributed by atoms with van der Waals surface area (Å²) in [4.78, 5) is -0.201. The topological polar surface area (TPSA) is 63.4 Å². The van der Waals surface area contributed by atoms with Crippen LogP contribution in [0.4, 0.5) is 10.1 Å². The molecule has 0 atom stereocenters. The standard InChI is InChI=1S/C8H10ClFN2O2S/c1-12(2)15(13,14)8-4-7(11)6(10)3-5(8)9/h3-4H,11H2,1-2H3. The van der Waals surface area contributed by atoms with Gasteiger partial charge in [0.25, 0.3) is 0 Å². The Morgan fingerprint density at radius 1 is 1.40 bits per heavy atom. The number of hydrogen-bond donors (Lipinski definition) is 1. The van der Waals surface area contributed by atoms with E-state index in [1.54, 1.807) is 0 Å². The van der Waals surface area contributed by atoms with Crippen molar-refractivity contribution >= 4 is 27.3 Å². The molecule has 0 aliphatic carbocycles. The summed E-state index contributed by atoms with van der Waals surface area (Å²) in [6, 6.07) is 1.89. The highest BCUT2D eigenvalue weighted by Gasteiger charge is 2.22. The van der Waals surface area contributed by atoms with Crippen molar-refractivity contribution in [1.82, 2.24) is 4.31 Å². The Morgan fingerprint density at radius 2 is 1.93 bits per heavy atom. The second-order valence-electron chi connectivity index (χ2n) is 3.09. The van der Waals surface area contributed by atoms with Crippen LogP contribution in [0.2, 0.25) is 5.02 Å². The molecular weight excluding hydrogens is 243 g/mol. The van der Waals surface area contributed by atoms with E-state index in [9.17, 15) is 12.8 Å². The summed E-state index contributed by atoms with van der Waals surface area (Å²) in [5.41, 5.74) is 5.02. The van der Waals surface area contributed by atoms with E-state index in [2.05, 4.69) is 0 Å². The van der Waals surface area contributed by atoms with Crippen molar-refractivity contribution in [3.8, 4) is 0 Å². The summed E-state index contributed by atoms with van der Waals surface area (Å²) in [5, 5.41) is -0.185. The Balaban J connectivity index is 3.46. The summed E-state index contributed by atoms with van der Waals surface area (Å²) < 4.78 is 37.3. The zero-order chi connectivity index (χ0) is 11.8. The molecule has 2 N–H and O–H groups in total. The molecular formula is C8H10ClFN2O2S. The lowest BCUT2D eigenvalue weighted by Crippen LogP contribution is -2.22. The predicted octanol–water partition coefficient (Wildman–Crippen LogP) is 1.31. The average Bonchev–Trinajstić information content (AvgIpc) is 2.10. The lowest BCUT2D eigenvalue weighted by molar-refractivity contribution is 0.520. The Hall–Kier alpha value is -0.850. The van der Waals surface area contributed by atoms with Crippen LogP contribution in [0.5, 0.6) is 0 Å². The molecule has 0 fully saturated rings. The molecule has 0 unspecified atom stereocenters. The van der Waals surface area contributed by atoms with E-state index in [-0.39, 0.29) is 15.6 Å². The van der Waals surface area contributed by atoms with E-state index in [0.29, 0.717) is 0 Å². The maximum Gasteiger partial charge on any atom is 0.244 e. The van der Waals surface area contributed by atoms with Gasteiger partial charge in [0.1, 0.15) is 10.7 Å². The van der Waals surface area contributed by atoms with Crippen LogP contribution in [0.3, 0.4) is 0 Å². The van der Waals surface area contributed by atoms with Gasteiger partial charge in [0, 0.05) is 14.1 Å². The van der Waals surface area contributed by atoms with E-state index in [1.165, 1.54) is 14.1 Å². The number of hydrogen-bond acceptors (Lipinski definition) is 3. The highest BCUT2D eigenvalue weighted by atomic mass is 35.5. The average molecular weight is 253 g/mol. The summed E-state index contributed by atoms with van der Waals surface area (Å²) in [6.07, 6.45) is 0. The van der Waals surface area contributed by atoms with Gasteiger partial charge in [-0.15, -0.1) is 0 Å². The lowest BCUT2D eigenvalue weighted by Gasteiger charge is -2.13. The number of rotatable bonds is 2. The second kappa shape index (κ2) is 3.96. The summed E-state index contributed by atoms with van der Waals surface area (Å²) in [7, 11) is -0.987. The molecule has 0 bridgehead atoms. The third-order valence-corrected chi connectivity index (χ3v) is 4.09. The van der Waals surface area contributed by atoms with Gasteiger partial charge < -0.3 is 5.73 Å². The fourth-order valence-corrected chi connectivity index (χ4v) is 2.36. The van der Waals surface area contributed by atoms with Crippen LogP contribution >= 0.6 is 11.6 Å². The molecule has 0 heterocycles. The van der Waals surface area contributed by atoms with Crippen LogP contribution in [-0.2, 0) is 10.0 Å². The highest BCUT2D eigenvalue weighted by Crippen LogP contribution is 2.27. The summed E-state index contributed by atoms with van der Waals surface area (Å²) >= 11 is 5.63. The lowest BCUT2D eigenvalue weighted by atomic mass is 10.3. The van der Waals surface area contributed by atoms with Crippen LogP contribution in [0.1, 0.15) is 0 Å². The predicted molar refractivity (Wildman–Crippen MR) is 56.7 cm³/mol. The number of halogens is 2. The van der Waals surface area contributed by atoms with Crippen molar-refractivity contribution in [1.29, 1.82) is 0 Å². The third kappa shape index (κ3) is 2.22. The molecule has 4 nitrogen and oxygen atoms in total. The minimum absolute atomic E-state index is 0.185. The molecule has 0 aliphatic heterocycles. The van der Waals surface area contributed by atoms with Crippen molar-refractivity contribution in [2.24, 2.45) is 0 Å². The molecule has 0 aliphatic rings. The van der Waals surface area contributed by atoms with Crippen LogP contribution in [0.15, 0.2) is 17.0 Å². The van der Waals surface area contributed by atoms with E-state index in [4.69, 9.17) is 17.3 Å².